The van der Waals surface area contributed by atoms with Crippen LogP contribution in [0.15, 0.2) is 35.2 Å². The van der Waals surface area contributed by atoms with Gasteiger partial charge >= 0.3 is 0 Å². The van der Waals surface area contributed by atoms with Crippen LogP contribution in [0.2, 0.25) is 0 Å². The quantitative estimate of drug-likeness (QED) is 0.602. The molecule has 3 aromatic rings. The lowest BCUT2D eigenvalue weighted by Crippen LogP contribution is -2.29. The molecule has 1 atom stereocenters. The third-order valence-corrected chi connectivity index (χ3v) is 4.17. The van der Waals surface area contributed by atoms with Crippen LogP contribution >= 0.6 is 0 Å². The van der Waals surface area contributed by atoms with Crippen LogP contribution in [0.5, 0.6) is 0 Å². The summed E-state index contributed by atoms with van der Waals surface area (Å²) in [4.78, 5) is 21.2. The van der Waals surface area contributed by atoms with Crippen molar-refractivity contribution in [3.8, 4) is 0 Å². The molecule has 0 spiro atoms. The number of nitrogens with one attached hydrogen (secondary N) is 3. The van der Waals surface area contributed by atoms with Crippen LogP contribution in [-0.2, 0) is 6.42 Å². The van der Waals surface area contributed by atoms with E-state index in [-0.39, 0.29) is 17.8 Å². The second-order valence-corrected chi connectivity index (χ2v) is 6.10. The summed E-state index contributed by atoms with van der Waals surface area (Å²) >= 11 is 0. The number of hydrogen-bond acceptors (Lipinski definition) is 6. The van der Waals surface area contributed by atoms with Crippen LogP contribution in [-0.4, -0.2) is 32.6 Å². The number of aryl methyl sites for hydroxylation is 1. The van der Waals surface area contributed by atoms with Gasteiger partial charge in [0.1, 0.15) is 11.6 Å². The number of hydrogen-bond donors (Lipinski definition) is 3. The Bertz CT molecular complexity index is 858. The summed E-state index contributed by atoms with van der Waals surface area (Å²) in [6.45, 7) is 6.33. The number of amides is 1. The van der Waals surface area contributed by atoms with Crippen molar-refractivity contribution in [2.75, 3.05) is 11.9 Å². The van der Waals surface area contributed by atoms with Crippen molar-refractivity contribution < 1.29 is 9.21 Å². The molecular formula is C18H22N6O2. The van der Waals surface area contributed by atoms with Crippen molar-refractivity contribution in [3.05, 3.63) is 59.2 Å². The smallest absolute Gasteiger partial charge is 0.289 e. The Labute approximate surface area is 151 Å². The van der Waals surface area contributed by atoms with Crippen LogP contribution in [0.4, 0.5) is 5.82 Å². The Morgan fingerprint density at radius 2 is 2.19 bits per heavy atom. The average Bonchev–Trinajstić information content (AvgIpc) is 3.31. The molecule has 3 rings (SSSR count). The summed E-state index contributed by atoms with van der Waals surface area (Å²) in [5.41, 5.74) is 2.79. The maximum Gasteiger partial charge on any atom is 0.289 e. The predicted octanol–water partition coefficient (Wildman–Crippen LogP) is 2.56. The van der Waals surface area contributed by atoms with Crippen LogP contribution < -0.4 is 10.6 Å². The third kappa shape index (κ3) is 4.08. The van der Waals surface area contributed by atoms with E-state index in [2.05, 4.69) is 30.8 Å². The summed E-state index contributed by atoms with van der Waals surface area (Å²) in [6, 6.07) is 3.34. The molecule has 0 aliphatic carbocycles. The molecule has 0 saturated heterocycles. The van der Waals surface area contributed by atoms with Crippen molar-refractivity contribution in [3.63, 3.8) is 0 Å². The zero-order valence-electron chi connectivity index (χ0n) is 15.0. The number of furan rings is 1. The normalized spacial score (nSPS) is 12.0. The number of H-pyrrole nitrogens is 1. The van der Waals surface area contributed by atoms with Gasteiger partial charge < -0.3 is 15.1 Å². The molecule has 0 aromatic carbocycles. The zero-order chi connectivity index (χ0) is 18.5. The third-order valence-electron chi connectivity index (χ3n) is 4.17. The van der Waals surface area contributed by atoms with E-state index in [0.717, 1.165) is 23.2 Å². The molecule has 136 valence electrons. The van der Waals surface area contributed by atoms with Gasteiger partial charge in [0.2, 0.25) is 5.82 Å². The highest BCUT2D eigenvalue weighted by atomic mass is 16.3. The number of anilines is 1. The number of carbonyl (C=O) groups is 1. The van der Waals surface area contributed by atoms with Crippen LogP contribution in [0.1, 0.15) is 46.2 Å². The fourth-order valence-corrected chi connectivity index (χ4v) is 2.51. The largest absolute Gasteiger partial charge is 0.467 e. The Kier molecular flexibility index (Phi) is 5.31. The van der Waals surface area contributed by atoms with Gasteiger partial charge in [0.05, 0.1) is 18.5 Å². The molecule has 26 heavy (non-hydrogen) atoms. The highest BCUT2D eigenvalue weighted by Gasteiger charge is 2.18. The van der Waals surface area contributed by atoms with Gasteiger partial charge in [0.15, 0.2) is 0 Å². The SMILES string of the molecule is Cc1nc(C(=O)NC(C)c2ccco2)nc(NCCc2cn[nH]c2)c1C. The van der Waals surface area contributed by atoms with Gasteiger partial charge in [0.25, 0.3) is 5.91 Å². The van der Waals surface area contributed by atoms with Crippen molar-refractivity contribution in [2.45, 2.75) is 33.2 Å². The summed E-state index contributed by atoms with van der Waals surface area (Å²) in [5, 5.41) is 12.8. The predicted molar refractivity (Wildman–Crippen MR) is 96.9 cm³/mol. The van der Waals surface area contributed by atoms with E-state index >= 15 is 0 Å². The van der Waals surface area contributed by atoms with Crippen molar-refractivity contribution in [1.82, 2.24) is 25.5 Å². The Balaban J connectivity index is 1.69. The fourth-order valence-electron chi connectivity index (χ4n) is 2.51. The molecule has 0 bridgehead atoms. The molecule has 1 unspecified atom stereocenters. The van der Waals surface area contributed by atoms with Gasteiger partial charge in [0, 0.05) is 24.0 Å². The lowest BCUT2D eigenvalue weighted by molar-refractivity contribution is 0.0924. The maximum absolute atomic E-state index is 12.5. The van der Waals surface area contributed by atoms with E-state index < -0.39 is 0 Å². The standard InChI is InChI=1S/C18H22N6O2/c1-11-12(2)22-17(18(25)23-13(3)15-5-4-8-26-15)24-16(11)19-7-6-14-9-20-21-10-14/h4-5,8-10,13H,6-7H2,1-3H3,(H,20,21)(H,23,25)(H,19,22,24). The molecular weight excluding hydrogens is 332 g/mol. The monoisotopic (exact) mass is 354 g/mol. The van der Waals surface area contributed by atoms with Gasteiger partial charge in [-0.05, 0) is 44.9 Å². The Morgan fingerprint density at radius 1 is 1.35 bits per heavy atom. The van der Waals surface area contributed by atoms with E-state index in [9.17, 15) is 4.79 Å². The van der Waals surface area contributed by atoms with Crippen molar-refractivity contribution in [1.29, 1.82) is 0 Å². The molecule has 1 amide bonds. The first kappa shape index (κ1) is 17.7. The summed E-state index contributed by atoms with van der Waals surface area (Å²) in [5.74, 6) is 1.14. The number of aromatic amines is 1. The van der Waals surface area contributed by atoms with E-state index in [0.29, 0.717) is 18.1 Å². The van der Waals surface area contributed by atoms with Crippen LogP contribution in [0.25, 0.3) is 0 Å². The molecule has 0 saturated carbocycles. The first-order valence-corrected chi connectivity index (χ1v) is 8.45. The highest BCUT2D eigenvalue weighted by Crippen LogP contribution is 2.17. The van der Waals surface area contributed by atoms with Crippen molar-refractivity contribution >= 4 is 11.7 Å². The molecule has 8 heteroatoms. The van der Waals surface area contributed by atoms with Crippen LogP contribution in [0, 0.1) is 13.8 Å². The van der Waals surface area contributed by atoms with Gasteiger partial charge in [-0.1, -0.05) is 0 Å². The minimum Gasteiger partial charge on any atom is -0.467 e. The molecule has 3 aromatic heterocycles. The summed E-state index contributed by atoms with van der Waals surface area (Å²) in [6.07, 6.45) is 6.02. The number of rotatable bonds is 7. The first-order valence-electron chi connectivity index (χ1n) is 8.45. The molecule has 8 nitrogen and oxygen atoms in total. The number of carbonyl (C=O) groups excluding carboxylic acids is 1. The van der Waals surface area contributed by atoms with E-state index in [1.54, 1.807) is 18.5 Å². The van der Waals surface area contributed by atoms with Gasteiger partial charge in [-0.15, -0.1) is 0 Å². The second kappa shape index (κ2) is 7.81. The number of nitrogens with zero attached hydrogens (tertiary/aromatic N) is 3. The summed E-state index contributed by atoms with van der Waals surface area (Å²) in [7, 11) is 0. The molecule has 0 aliphatic heterocycles. The Morgan fingerprint density at radius 3 is 2.88 bits per heavy atom. The van der Waals surface area contributed by atoms with Gasteiger partial charge in [-0.2, -0.15) is 5.10 Å². The minimum atomic E-state index is -0.338. The Hall–Kier alpha value is -3.16. The fraction of sp³-hybridized carbons (Fsp3) is 0.333. The lowest BCUT2D eigenvalue weighted by atomic mass is 10.2. The minimum absolute atomic E-state index is 0.136. The molecule has 0 fully saturated rings. The zero-order valence-corrected chi connectivity index (χ0v) is 15.0. The van der Waals surface area contributed by atoms with Gasteiger partial charge in [-0.3, -0.25) is 9.89 Å². The van der Waals surface area contributed by atoms with E-state index in [1.807, 2.05) is 33.0 Å². The second-order valence-electron chi connectivity index (χ2n) is 6.10. The number of aromatic nitrogens is 4. The van der Waals surface area contributed by atoms with Crippen molar-refractivity contribution in [2.24, 2.45) is 0 Å². The molecule has 0 radical (unpaired) electrons. The molecule has 0 aliphatic rings. The average molecular weight is 354 g/mol. The maximum atomic E-state index is 12.5. The lowest BCUT2D eigenvalue weighted by Gasteiger charge is -2.14. The molecule has 3 heterocycles. The molecule has 3 N–H and O–H groups in total. The van der Waals surface area contributed by atoms with Gasteiger partial charge in [-0.25, -0.2) is 9.97 Å². The first-order chi connectivity index (χ1) is 12.5. The van der Waals surface area contributed by atoms with E-state index in [4.69, 9.17) is 4.42 Å². The van der Waals surface area contributed by atoms with E-state index in [1.165, 1.54) is 0 Å². The topological polar surface area (TPSA) is 109 Å². The van der Waals surface area contributed by atoms with Crippen LogP contribution in [0.3, 0.4) is 0 Å². The summed E-state index contributed by atoms with van der Waals surface area (Å²) < 4.78 is 5.31. The highest BCUT2D eigenvalue weighted by molar-refractivity contribution is 5.91.